The van der Waals surface area contributed by atoms with E-state index in [4.69, 9.17) is 0 Å². The van der Waals surface area contributed by atoms with Gasteiger partial charge in [-0.2, -0.15) is 0 Å². The third-order valence-corrected chi connectivity index (χ3v) is 3.49. The Morgan fingerprint density at radius 2 is 1.83 bits per heavy atom. The molecule has 0 aromatic rings. The summed E-state index contributed by atoms with van der Waals surface area (Å²) >= 11 is 0. The van der Waals surface area contributed by atoms with Crippen LogP contribution in [-0.4, -0.2) is 48.3 Å². The van der Waals surface area contributed by atoms with Gasteiger partial charge in [0.05, 0.1) is 6.61 Å². The van der Waals surface area contributed by atoms with Crippen LogP contribution in [0.4, 0.5) is 0 Å². The Hall–Kier alpha value is -0.120. The fourth-order valence-electron chi connectivity index (χ4n) is 2.42. The summed E-state index contributed by atoms with van der Waals surface area (Å²) in [6.45, 7) is 16.5. The van der Waals surface area contributed by atoms with Crippen LogP contribution in [0.5, 0.6) is 0 Å². The van der Waals surface area contributed by atoms with Crippen LogP contribution in [0.1, 0.15) is 54.4 Å². The van der Waals surface area contributed by atoms with E-state index in [1.54, 1.807) is 0 Å². The highest BCUT2D eigenvalue weighted by molar-refractivity contribution is 4.82. The highest BCUT2D eigenvalue weighted by atomic mass is 16.3. The van der Waals surface area contributed by atoms with Crippen LogP contribution < -0.4 is 5.32 Å². The zero-order valence-electron chi connectivity index (χ0n) is 13.3. The maximum Gasteiger partial charge on any atom is 0.0558 e. The van der Waals surface area contributed by atoms with Crippen molar-refractivity contribution >= 4 is 0 Å². The van der Waals surface area contributed by atoms with Gasteiger partial charge in [0.25, 0.3) is 0 Å². The van der Waals surface area contributed by atoms with E-state index in [2.05, 4.69) is 51.8 Å². The minimum absolute atomic E-state index is 0.248. The van der Waals surface area contributed by atoms with Crippen LogP contribution in [0.15, 0.2) is 0 Å². The Balaban J connectivity index is 4.54. The Kier molecular flexibility index (Phi) is 8.83. The number of rotatable bonds is 10. The van der Waals surface area contributed by atoms with Gasteiger partial charge in [0.1, 0.15) is 0 Å². The second kappa shape index (κ2) is 8.89. The minimum Gasteiger partial charge on any atom is -0.395 e. The van der Waals surface area contributed by atoms with Crippen molar-refractivity contribution in [2.24, 2.45) is 5.41 Å². The first-order valence-corrected chi connectivity index (χ1v) is 7.43. The van der Waals surface area contributed by atoms with Crippen molar-refractivity contribution in [3.63, 3.8) is 0 Å². The van der Waals surface area contributed by atoms with Gasteiger partial charge in [-0.3, -0.25) is 4.90 Å². The lowest BCUT2D eigenvalue weighted by molar-refractivity contribution is 0.0992. The molecule has 0 saturated heterocycles. The second-order valence-electron chi connectivity index (χ2n) is 6.38. The summed E-state index contributed by atoms with van der Waals surface area (Å²) < 4.78 is 0. The van der Waals surface area contributed by atoms with E-state index in [1.165, 1.54) is 12.8 Å². The van der Waals surface area contributed by atoms with Crippen molar-refractivity contribution in [3.05, 3.63) is 0 Å². The lowest BCUT2D eigenvalue weighted by atomic mass is 9.84. The molecule has 0 aromatic heterocycles. The van der Waals surface area contributed by atoms with E-state index in [0.29, 0.717) is 17.5 Å². The standard InChI is InChI=1S/C15H34N2O/c1-7-8-15(6,11-16-13(2)3)12-17(9-10-18)14(4)5/h13-14,16,18H,7-12H2,1-6H3. The van der Waals surface area contributed by atoms with Gasteiger partial charge in [-0.15, -0.1) is 0 Å². The number of aliphatic hydroxyl groups excluding tert-OH is 1. The Morgan fingerprint density at radius 3 is 2.22 bits per heavy atom. The second-order valence-corrected chi connectivity index (χ2v) is 6.38. The molecule has 3 nitrogen and oxygen atoms in total. The SMILES string of the molecule is CCCC(C)(CNC(C)C)CN(CCO)C(C)C. The summed E-state index contributed by atoms with van der Waals surface area (Å²) in [5.74, 6) is 0. The van der Waals surface area contributed by atoms with Gasteiger partial charge in [-0.05, 0) is 25.7 Å². The number of aliphatic hydroxyl groups is 1. The molecule has 0 radical (unpaired) electrons. The fraction of sp³-hybridized carbons (Fsp3) is 1.00. The van der Waals surface area contributed by atoms with Gasteiger partial charge in [0.15, 0.2) is 0 Å². The number of nitrogens with one attached hydrogen (secondary N) is 1. The molecular weight excluding hydrogens is 224 g/mol. The lowest BCUT2D eigenvalue weighted by Crippen LogP contribution is -2.46. The van der Waals surface area contributed by atoms with Gasteiger partial charge in [0, 0.05) is 31.7 Å². The first kappa shape index (κ1) is 17.9. The molecule has 3 heteroatoms. The topological polar surface area (TPSA) is 35.5 Å². The largest absolute Gasteiger partial charge is 0.395 e. The molecule has 0 rings (SSSR count). The third-order valence-electron chi connectivity index (χ3n) is 3.49. The maximum absolute atomic E-state index is 9.17. The summed E-state index contributed by atoms with van der Waals surface area (Å²) in [5, 5.41) is 12.7. The molecular formula is C15H34N2O. The zero-order chi connectivity index (χ0) is 14.2. The van der Waals surface area contributed by atoms with E-state index in [1.807, 2.05) is 0 Å². The smallest absolute Gasteiger partial charge is 0.0558 e. The van der Waals surface area contributed by atoms with E-state index < -0.39 is 0 Å². The third kappa shape index (κ3) is 7.34. The predicted octanol–water partition coefficient (Wildman–Crippen LogP) is 2.49. The molecule has 0 saturated carbocycles. The van der Waals surface area contributed by atoms with Gasteiger partial charge in [-0.25, -0.2) is 0 Å². The monoisotopic (exact) mass is 258 g/mol. The molecule has 1 unspecified atom stereocenters. The average molecular weight is 258 g/mol. The zero-order valence-corrected chi connectivity index (χ0v) is 13.3. The first-order chi connectivity index (χ1) is 8.34. The summed E-state index contributed by atoms with van der Waals surface area (Å²) in [6.07, 6.45) is 2.43. The van der Waals surface area contributed by atoms with Crippen LogP contribution in [0.25, 0.3) is 0 Å². The molecule has 0 fully saturated rings. The van der Waals surface area contributed by atoms with Crippen molar-refractivity contribution in [2.45, 2.75) is 66.5 Å². The van der Waals surface area contributed by atoms with E-state index in [9.17, 15) is 5.11 Å². The molecule has 0 bridgehead atoms. The predicted molar refractivity (Wildman–Crippen MR) is 79.9 cm³/mol. The first-order valence-electron chi connectivity index (χ1n) is 7.43. The summed E-state index contributed by atoms with van der Waals surface area (Å²) in [5.41, 5.74) is 0.290. The van der Waals surface area contributed by atoms with Crippen molar-refractivity contribution in [1.82, 2.24) is 10.2 Å². The van der Waals surface area contributed by atoms with Crippen molar-refractivity contribution in [3.8, 4) is 0 Å². The van der Waals surface area contributed by atoms with Crippen LogP contribution in [0.2, 0.25) is 0 Å². The van der Waals surface area contributed by atoms with E-state index in [-0.39, 0.29) is 6.61 Å². The minimum atomic E-state index is 0.248. The van der Waals surface area contributed by atoms with E-state index in [0.717, 1.165) is 19.6 Å². The van der Waals surface area contributed by atoms with Crippen molar-refractivity contribution in [1.29, 1.82) is 0 Å². The Morgan fingerprint density at radius 1 is 1.22 bits per heavy atom. The molecule has 0 aliphatic heterocycles. The molecule has 2 N–H and O–H groups in total. The Bertz CT molecular complexity index is 207. The Labute approximate surface area is 114 Å². The molecule has 0 aliphatic carbocycles. The van der Waals surface area contributed by atoms with Crippen molar-refractivity contribution in [2.75, 3.05) is 26.2 Å². The van der Waals surface area contributed by atoms with E-state index >= 15 is 0 Å². The normalized spacial score (nSPS) is 15.7. The van der Waals surface area contributed by atoms with Gasteiger partial charge in [0.2, 0.25) is 0 Å². The summed E-state index contributed by atoms with van der Waals surface area (Å²) in [6, 6.07) is 1.03. The van der Waals surface area contributed by atoms with Crippen LogP contribution in [0, 0.1) is 5.41 Å². The van der Waals surface area contributed by atoms with Gasteiger partial charge < -0.3 is 10.4 Å². The maximum atomic E-state index is 9.17. The number of hydrogen-bond donors (Lipinski definition) is 2. The summed E-state index contributed by atoms with van der Waals surface area (Å²) in [4.78, 5) is 2.39. The molecule has 0 amide bonds. The average Bonchev–Trinajstić information content (AvgIpc) is 2.26. The lowest BCUT2D eigenvalue weighted by Gasteiger charge is -2.38. The molecule has 0 heterocycles. The number of nitrogens with zero attached hydrogens (tertiary/aromatic N) is 1. The van der Waals surface area contributed by atoms with Crippen LogP contribution in [-0.2, 0) is 0 Å². The summed E-state index contributed by atoms with van der Waals surface area (Å²) in [7, 11) is 0. The fourth-order valence-corrected chi connectivity index (χ4v) is 2.42. The highest BCUT2D eigenvalue weighted by Crippen LogP contribution is 2.25. The quantitative estimate of drug-likeness (QED) is 0.632. The van der Waals surface area contributed by atoms with Crippen LogP contribution >= 0.6 is 0 Å². The van der Waals surface area contributed by atoms with Crippen LogP contribution in [0.3, 0.4) is 0 Å². The highest BCUT2D eigenvalue weighted by Gasteiger charge is 2.27. The van der Waals surface area contributed by atoms with Gasteiger partial charge >= 0.3 is 0 Å². The molecule has 1 atom stereocenters. The molecule has 110 valence electrons. The van der Waals surface area contributed by atoms with Gasteiger partial charge in [-0.1, -0.05) is 34.1 Å². The molecule has 0 spiro atoms. The van der Waals surface area contributed by atoms with Crippen molar-refractivity contribution < 1.29 is 5.11 Å². The molecule has 18 heavy (non-hydrogen) atoms. The molecule has 0 aliphatic rings. The molecule has 0 aromatic carbocycles. The number of hydrogen-bond acceptors (Lipinski definition) is 3.